The van der Waals surface area contributed by atoms with Gasteiger partial charge in [-0.3, -0.25) is 14.6 Å². The van der Waals surface area contributed by atoms with Gasteiger partial charge in [-0.25, -0.2) is 5.01 Å². The number of likely N-dealkylation sites (N-methyl/N-ethyl adjacent to an activating group) is 3. The Morgan fingerprint density at radius 3 is 2.37 bits per heavy atom. The fraction of sp³-hybridized carbons (Fsp3) is 0.429. The summed E-state index contributed by atoms with van der Waals surface area (Å²) in [6, 6.07) is 17.6. The Bertz CT molecular complexity index is 1130. The van der Waals surface area contributed by atoms with Gasteiger partial charge in [-0.1, -0.05) is 55.0 Å². The van der Waals surface area contributed by atoms with Crippen molar-refractivity contribution in [2.45, 2.75) is 44.2 Å². The predicted octanol–water partition coefficient (Wildman–Crippen LogP) is 3.96. The summed E-state index contributed by atoms with van der Waals surface area (Å²) in [4.78, 5) is 30.2. The van der Waals surface area contributed by atoms with Gasteiger partial charge in [-0.05, 0) is 54.1 Å². The van der Waals surface area contributed by atoms with Crippen LogP contribution in [0.4, 0.5) is 0 Å². The molecule has 2 aromatic carbocycles. The van der Waals surface area contributed by atoms with E-state index in [1.807, 2.05) is 43.7 Å². The fourth-order valence-corrected chi connectivity index (χ4v) is 5.60. The Morgan fingerprint density at radius 1 is 0.943 bits per heavy atom. The molecule has 2 amide bonds. The lowest BCUT2D eigenvalue weighted by molar-refractivity contribution is -0.157. The first-order valence-electron chi connectivity index (χ1n) is 12.4. The van der Waals surface area contributed by atoms with Crippen LogP contribution in [-0.4, -0.2) is 73.0 Å². The number of nitrogens with zero attached hydrogens (tertiary/aromatic N) is 3. The van der Waals surface area contributed by atoms with Crippen LogP contribution in [0.2, 0.25) is 0 Å². The molecule has 35 heavy (non-hydrogen) atoms. The molecule has 1 aliphatic heterocycles. The van der Waals surface area contributed by atoms with Crippen molar-refractivity contribution >= 4 is 33.9 Å². The molecule has 0 spiro atoms. The molecule has 0 saturated carbocycles. The van der Waals surface area contributed by atoms with Crippen LogP contribution in [0.3, 0.4) is 0 Å². The Kier molecular flexibility index (Phi) is 8.55. The summed E-state index contributed by atoms with van der Waals surface area (Å²) >= 11 is 1.63. The number of benzene rings is 2. The van der Waals surface area contributed by atoms with Gasteiger partial charge in [0.25, 0.3) is 5.91 Å². The summed E-state index contributed by atoms with van der Waals surface area (Å²) in [6.07, 6.45) is 4.47. The van der Waals surface area contributed by atoms with Crippen LogP contribution >= 0.6 is 11.3 Å². The molecular weight excluding hydrogens is 456 g/mol. The van der Waals surface area contributed by atoms with E-state index < -0.39 is 12.1 Å². The van der Waals surface area contributed by atoms with Gasteiger partial charge in [0.1, 0.15) is 6.04 Å². The lowest BCUT2D eigenvalue weighted by atomic mass is 10.00. The number of nitrogens with one attached hydrogen (secondary N) is 1. The maximum absolute atomic E-state index is 13.7. The Labute approximate surface area is 212 Å². The molecule has 7 heteroatoms. The molecule has 1 saturated heterocycles. The SMILES string of the molecule is CN[C@H](Cc1ccc2ccccc2c1)C(=O)N(C)C(Cc1cccs1)C(=O)N(C)N1CCCCC1. The van der Waals surface area contributed by atoms with Crippen LogP contribution in [0, 0.1) is 0 Å². The van der Waals surface area contributed by atoms with E-state index in [9.17, 15) is 9.59 Å². The fourth-order valence-electron chi connectivity index (χ4n) is 4.86. The molecular formula is C28H36N4O2S. The molecule has 1 N–H and O–H groups in total. The maximum Gasteiger partial charge on any atom is 0.259 e. The number of fused-ring (bicyclic) bond motifs is 1. The summed E-state index contributed by atoms with van der Waals surface area (Å²) in [5, 5.41) is 11.4. The number of carbonyl (C=O) groups excluding carboxylic acids is 2. The molecule has 1 unspecified atom stereocenters. The second-order valence-corrected chi connectivity index (χ2v) is 10.4. The monoisotopic (exact) mass is 492 g/mol. The standard InChI is InChI=1S/C28H36N4O2S/c1-29-25(19-21-13-14-22-10-5-6-11-23(22)18-21)27(33)30(2)26(20-24-12-9-17-35-24)28(34)31(3)32-15-7-4-8-16-32/h5-6,9-14,17-18,25-26,29H,4,7-8,15-16,19-20H2,1-3H3/t25-,26?/m1/s1. The van der Waals surface area contributed by atoms with Crippen LogP contribution in [0.25, 0.3) is 10.8 Å². The quantitative estimate of drug-likeness (QED) is 0.491. The molecule has 1 fully saturated rings. The Morgan fingerprint density at radius 2 is 1.69 bits per heavy atom. The van der Waals surface area contributed by atoms with Crippen molar-refractivity contribution in [2.75, 3.05) is 34.2 Å². The van der Waals surface area contributed by atoms with Crippen LogP contribution in [0.5, 0.6) is 0 Å². The first kappa shape index (κ1) is 25.4. The van der Waals surface area contributed by atoms with Crippen molar-refractivity contribution in [3.8, 4) is 0 Å². The highest BCUT2D eigenvalue weighted by Gasteiger charge is 2.34. The molecule has 4 rings (SSSR count). The number of thiophene rings is 1. The van der Waals surface area contributed by atoms with Crippen molar-refractivity contribution in [2.24, 2.45) is 0 Å². The van der Waals surface area contributed by atoms with Crippen LogP contribution < -0.4 is 5.32 Å². The maximum atomic E-state index is 13.7. The molecule has 186 valence electrons. The summed E-state index contributed by atoms with van der Waals surface area (Å²) in [7, 11) is 5.43. The van der Waals surface area contributed by atoms with Crippen molar-refractivity contribution in [1.29, 1.82) is 0 Å². The third-order valence-corrected chi connectivity index (χ3v) is 7.95. The molecule has 3 aromatic rings. The normalized spacial score (nSPS) is 16.1. The highest BCUT2D eigenvalue weighted by Crippen LogP contribution is 2.20. The first-order valence-corrected chi connectivity index (χ1v) is 13.3. The molecule has 0 radical (unpaired) electrons. The third-order valence-electron chi connectivity index (χ3n) is 7.05. The largest absolute Gasteiger partial charge is 0.332 e. The number of hydrazine groups is 1. The second-order valence-electron chi connectivity index (χ2n) is 9.35. The minimum atomic E-state index is -0.555. The van der Waals surface area contributed by atoms with E-state index in [0.717, 1.165) is 41.8 Å². The van der Waals surface area contributed by atoms with E-state index in [1.165, 1.54) is 11.8 Å². The highest BCUT2D eigenvalue weighted by molar-refractivity contribution is 7.09. The molecule has 2 atom stereocenters. The number of piperidine rings is 1. The van der Waals surface area contributed by atoms with E-state index >= 15 is 0 Å². The predicted molar refractivity (Wildman–Crippen MR) is 143 cm³/mol. The van der Waals surface area contributed by atoms with Gasteiger partial charge >= 0.3 is 0 Å². The first-order chi connectivity index (χ1) is 17.0. The molecule has 2 heterocycles. The molecule has 6 nitrogen and oxygen atoms in total. The van der Waals surface area contributed by atoms with Gasteiger partial charge in [0.15, 0.2) is 0 Å². The average molecular weight is 493 g/mol. The topological polar surface area (TPSA) is 55.9 Å². The van der Waals surface area contributed by atoms with Gasteiger partial charge in [0.2, 0.25) is 5.91 Å². The zero-order chi connectivity index (χ0) is 24.8. The van der Waals surface area contributed by atoms with Gasteiger partial charge in [-0.2, -0.15) is 0 Å². The third kappa shape index (κ3) is 6.10. The van der Waals surface area contributed by atoms with Gasteiger partial charge in [-0.15, -0.1) is 11.3 Å². The number of carbonyl (C=O) groups is 2. The lowest BCUT2D eigenvalue weighted by Gasteiger charge is -2.39. The molecule has 1 aromatic heterocycles. The van der Waals surface area contributed by atoms with Crippen molar-refractivity contribution in [3.63, 3.8) is 0 Å². The lowest BCUT2D eigenvalue weighted by Crippen LogP contribution is -2.57. The minimum Gasteiger partial charge on any atom is -0.332 e. The van der Waals surface area contributed by atoms with Crippen molar-refractivity contribution in [3.05, 3.63) is 70.4 Å². The minimum absolute atomic E-state index is 0.0308. The number of hydrogen-bond donors (Lipinski definition) is 1. The average Bonchev–Trinajstić information content (AvgIpc) is 3.42. The summed E-state index contributed by atoms with van der Waals surface area (Å²) in [6.45, 7) is 1.76. The van der Waals surface area contributed by atoms with E-state index in [2.05, 4.69) is 40.7 Å². The molecule has 0 aliphatic carbocycles. The van der Waals surface area contributed by atoms with E-state index in [-0.39, 0.29) is 11.8 Å². The van der Waals surface area contributed by atoms with Crippen LogP contribution in [0.15, 0.2) is 60.0 Å². The van der Waals surface area contributed by atoms with Crippen molar-refractivity contribution < 1.29 is 9.59 Å². The van der Waals surface area contributed by atoms with E-state index in [4.69, 9.17) is 0 Å². The number of rotatable bonds is 9. The molecule has 1 aliphatic rings. The number of hydrogen-bond acceptors (Lipinski definition) is 5. The van der Waals surface area contributed by atoms with Crippen molar-refractivity contribution in [1.82, 2.24) is 20.2 Å². The van der Waals surface area contributed by atoms with Crippen LogP contribution in [0.1, 0.15) is 29.7 Å². The number of amides is 2. The Hall–Kier alpha value is -2.74. The second kappa shape index (κ2) is 11.8. The van der Waals surface area contributed by atoms with Crippen LogP contribution in [-0.2, 0) is 22.4 Å². The summed E-state index contributed by atoms with van der Waals surface area (Å²) in [5.41, 5.74) is 1.09. The van der Waals surface area contributed by atoms with Gasteiger partial charge in [0, 0.05) is 38.5 Å². The van der Waals surface area contributed by atoms with Gasteiger partial charge in [0.05, 0.1) is 6.04 Å². The summed E-state index contributed by atoms with van der Waals surface area (Å²) in [5.74, 6) is -0.0979. The van der Waals surface area contributed by atoms with E-state index in [0.29, 0.717) is 12.8 Å². The van der Waals surface area contributed by atoms with Gasteiger partial charge < -0.3 is 10.2 Å². The zero-order valence-corrected chi connectivity index (χ0v) is 21.8. The molecule has 0 bridgehead atoms. The summed E-state index contributed by atoms with van der Waals surface area (Å²) < 4.78 is 0. The smallest absolute Gasteiger partial charge is 0.259 e. The Balaban J connectivity index is 1.52. The zero-order valence-electron chi connectivity index (χ0n) is 20.9. The highest BCUT2D eigenvalue weighted by atomic mass is 32.1. The van der Waals surface area contributed by atoms with E-state index in [1.54, 1.807) is 28.3 Å².